The molecular formula is C32H38N4O4. The Labute approximate surface area is 235 Å². The maximum absolute atomic E-state index is 13.1. The van der Waals surface area contributed by atoms with E-state index in [0.717, 1.165) is 66.8 Å². The quantitative estimate of drug-likeness (QED) is 0.419. The minimum Gasteiger partial charge on any atom is -0.392 e. The van der Waals surface area contributed by atoms with E-state index < -0.39 is 11.8 Å². The number of likely N-dealkylation sites (tertiary alicyclic amines) is 1. The molecule has 8 heteroatoms. The summed E-state index contributed by atoms with van der Waals surface area (Å²) in [5.74, 6) is 0.130. The first-order chi connectivity index (χ1) is 19.6. The number of aliphatic hydroxyl groups excluding tert-OH is 1. The minimum absolute atomic E-state index is 0.0177. The molecule has 210 valence electrons. The van der Waals surface area contributed by atoms with Gasteiger partial charge in [0.2, 0.25) is 5.91 Å². The van der Waals surface area contributed by atoms with Crippen LogP contribution in [0.4, 0.5) is 5.69 Å². The van der Waals surface area contributed by atoms with Crippen molar-refractivity contribution in [3.8, 4) is 0 Å². The molecule has 4 N–H and O–H groups in total. The van der Waals surface area contributed by atoms with Gasteiger partial charge in [0.1, 0.15) is 5.54 Å². The van der Waals surface area contributed by atoms with Crippen molar-refractivity contribution >= 4 is 11.6 Å². The van der Waals surface area contributed by atoms with Gasteiger partial charge in [0.05, 0.1) is 25.5 Å². The third kappa shape index (κ3) is 5.38. The number of hydrogen-bond donors (Lipinski definition) is 3. The molecule has 3 aromatic rings. The van der Waals surface area contributed by atoms with Crippen molar-refractivity contribution in [2.24, 2.45) is 5.73 Å². The topological polar surface area (TPSA) is 100 Å². The van der Waals surface area contributed by atoms with E-state index in [-0.39, 0.29) is 24.7 Å². The zero-order chi connectivity index (χ0) is 27.5. The van der Waals surface area contributed by atoms with Crippen molar-refractivity contribution in [2.45, 2.75) is 56.5 Å². The molecule has 3 heterocycles. The minimum atomic E-state index is -0.501. The van der Waals surface area contributed by atoms with Gasteiger partial charge in [-0.2, -0.15) is 0 Å². The lowest BCUT2D eigenvalue weighted by Crippen LogP contribution is -2.57. The van der Waals surface area contributed by atoms with Crippen molar-refractivity contribution in [3.05, 3.63) is 101 Å². The van der Waals surface area contributed by atoms with E-state index in [1.165, 1.54) is 0 Å². The van der Waals surface area contributed by atoms with E-state index in [9.17, 15) is 9.90 Å². The molecule has 0 aromatic heterocycles. The van der Waals surface area contributed by atoms with E-state index in [1.807, 2.05) is 66.7 Å². The Kier molecular flexibility index (Phi) is 7.87. The van der Waals surface area contributed by atoms with E-state index in [0.29, 0.717) is 13.2 Å². The van der Waals surface area contributed by atoms with Crippen LogP contribution in [0.15, 0.2) is 78.9 Å². The zero-order valence-electron chi connectivity index (χ0n) is 22.7. The Morgan fingerprint density at radius 3 is 2.25 bits per heavy atom. The predicted octanol–water partition coefficient (Wildman–Crippen LogP) is 3.61. The average Bonchev–Trinajstić information content (AvgIpc) is 3.33. The molecule has 3 aromatic carbocycles. The van der Waals surface area contributed by atoms with Gasteiger partial charge < -0.3 is 35.4 Å². The molecule has 0 radical (unpaired) electrons. The van der Waals surface area contributed by atoms with Crippen LogP contribution < -0.4 is 16.0 Å². The van der Waals surface area contributed by atoms with Gasteiger partial charge in [0.15, 0.2) is 6.29 Å². The van der Waals surface area contributed by atoms with Crippen molar-refractivity contribution in [3.63, 3.8) is 0 Å². The summed E-state index contributed by atoms with van der Waals surface area (Å²) in [6.45, 7) is 3.48. The molecule has 3 saturated heterocycles. The van der Waals surface area contributed by atoms with Gasteiger partial charge in [-0.05, 0) is 41.7 Å². The summed E-state index contributed by atoms with van der Waals surface area (Å²) in [4.78, 5) is 17.8. The Balaban J connectivity index is 1.17. The predicted molar refractivity (Wildman–Crippen MR) is 153 cm³/mol. The molecular weight excluding hydrogens is 504 g/mol. The van der Waals surface area contributed by atoms with Crippen LogP contribution in [0.1, 0.15) is 53.9 Å². The van der Waals surface area contributed by atoms with Crippen LogP contribution in [-0.2, 0) is 27.4 Å². The van der Waals surface area contributed by atoms with Crippen LogP contribution in [0, 0.1) is 0 Å². The number of carbonyl (C=O) groups is 1. The summed E-state index contributed by atoms with van der Waals surface area (Å²) in [6.07, 6.45) is 1.62. The van der Waals surface area contributed by atoms with Crippen LogP contribution in [0.5, 0.6) is 0 Å². The lowest BCUT2D eigenvalue weighted by atomic mass is 9.85. The third-order valence-electron chi connectivity index (χ3n) is 8.65. The summed E-state index contributed by atoms with van der Waals surface area (Å²) in [7, 11) is 0. The summed E-state index contributed by atoms with van der Waals surface area (Å²) < 4.78 is 13.0. The molecule has 0 aliphatic carbocycles. The smallest absolute Gasteiger partial charge is 0.247 e. The first-order valence-corrected chi connectivity index (χ1v) is 14.2. The maximum atomic E-state index is 13.1. The van der Waals surface area contributed by atoms with Crippen molar-refractivity contribution in [2.75, 3.05) is 31.2 Å². The van der Waals surface area contributed by atoms with Gasteiger partial charge in [-0.1, -0.05) is 66.7 Å². The Bertz CT molecular complexity index is 1220. The Morgan fingerprint density at radius 2 is 1.57 bits per heavy atom. The van der Waals surface area contributed by atoms with Gasteiger partial charge in [0.25, 0.3) is 0 Å². The molecule has 6 rings (SSSR count). The van der Waals surface area contributed by atoms with Gasteiger partial charge in [-0.3, -0.25) is 4.79 Å². The molecule has 1 amide bonds. The van der Waals surface area contributed by atoms with Crippen LogP contribution in [0.2, 0.25) is 0 Å². The number of amides is 1. The molecule has 3 aliphatic heterocycles. The number of anilines is 1. The van der Waals surface area contributed by atoms with Crippen molar-refractivity contribution < 1.29 is 19.4 Å². The van der Waals surface area contributed by atoms with E-state index in [4.69, 9.17) is 15.2 Å². The average molecular weight is 543 g/mol. The highest BCUT2D eigenvalue weighted by Gasteiger charge is 2.50. The zero-order valence-corrected chi connectivity index (χ0v) is 22.7. The van der Waals surface area contributed by atoms with Crippen LogP contribution in [-0.4, -0.2) is 53.9 Å². The molecule has 8 nitrogen and oxygen atoms in total. The first-order valence-electron chi connectivity index (χ1n) is 14.2. The normalized spacial score (nSPS) is 24.8. The van der Waals surface area contributed by atoms with E-state index in [1.54, 1.807) is 0 Å². The largest absolute Gasteiger partial charge is 0.392 e. The fourth-order valence-corrected chi connectivity index (χ4v) is 6.27. The lowest BCUT2D eigenvalue weighted by Gasteiger charge is -2.45. The molecule has 3 atom stereocenters. The van der Waals surface area contributed by atoms with Crippen LogP contribution >= 0.6 is 0 Å². The lowest BCUT2D eigenvalue weighted by molar-refractivity contribution is -0.253. The molecule has 1 spiro atoms. The second-order valence-corrected chi connectivity index (χ2v) is 11.1. The van der Waals surface area contributed by atoms with Gasteiger partial charge >= 0.3 is 0 Å². The first kappa shape index (κ1) is 26.9. The van der Waals surface area contributed by atoms with Crippen molar-refractivity contribution in [1.29, 1.82) is 0 Å². The third-order valence-corrected chi connectivity index (χ3v) is 8.65. The fraction of sp³-hybridized carbons (Fsp3) is 0.406. The SMILES string of the molecule is NCc1ccc([C@@H]2O[C@H](CN3CCC4(CC3)C(=O)NCN4c3ccccc3)C[C@H](c3ccc(CO)cc3)O2)cc1. The molecule has 3 aliphatic rings. The number of hydrogen-bond acceptors (Lipinski definition) is 7. The fourth-order valence-electron chi connectivity index (χ4n) is 6.27. The molecule has 40 heavy (non-hydrogen) atoms. The number of nitrogens with zero attached hydrogens (tertiary/aromatic N) is 2. The van der Waals surface area contributed by atoms with Gasteiger partial charge in [-0.15, -0.1) is 0 Å². The van der Waals surface area contributed by atoms with E-state index in [2.05, 4.69) is 27.2 Å². The number of carbonyl (C=O) groups excluding carboxylic acids is 1. The summed E-state index contributed by atoms with van der Waals surface area (Å²) >= 11 is 0. The summed E-state index contributed by atoms with van der Waals surface area (Å²) in [5, 5.41) is 12.6. The molecule has 0 bridgehead atoms. The monoisotopic (exact) mass is 542 g/mol. The molecule has 3 fully saturated rings. The number of aliphatic hydroxyl groups is 1. The molecule has 0 saturated carbocycles. The second-order valence-electron chi connectivity index (χ2n) is 11.1. The van der Waals surface area contributed by atoms with Gasteiger partial charge in [-0.25, -0.2) is 0 Å². The maximum Gasteiger partial charge on any atom is 0.247 e. The number of nitrogens with two attached hydrogens (primary N) is 1. The standard InChI is InChI=1S/C32H38N4O4/c33-19-23-6-12-26(13-7-23)30-39-28(18-29(40-30)25-10-8-24(21-37)9-11-25)20-35-16-14-32(15-17-35)31(38)34-22-36(32)27-4-2-1-3-5-27/h1-13,28-30,37H,14-22,33H2,(H,34,38)/t28-,29+,30+/m0/s1. The summed E-state index contributed by atoms with van der Waals surface area (Å²) in [6, 6.07) is 26.3. The summed E-state index contributed by atoms with van der Waals surface area (Å²) in [5.41, 5.74) is 10.4. The number of benzene rings is 3. The Hall–Kier alpha value is -3.27. The van der Waals surface area contributed by atoms with Crippen molar-refractivity contribution in [1.82, 2.24) is 10.2 Å². The van der Waals surface area contributed by atoms with Crippen LogP contribution in [0.25, 0.3) is 0 Å². The number of para-hydroxylation sites is 1. The number of ether oxygens (including phenoxy) is 2. The number of rotatable bonds is 7. The second kappa shape index (κ2) is 11.7. The van der Waals surface area contributed by atoms with Crippen LogP contribution in [0.3, 0.4) is 0 Å². The number of piperidine rings is 1. The highest BCUT2D eigenvalue weighted by molar-refractivity contribution is 5.93. The molecule has 0 unspecified atom stereocenters. The Morgan fingerprint density at radius 1 is 0.900 bits per heavy atom. The highest BCUT2D eigenvalue weighted by Crippen LogP contribution is 2.40. The van der Waals surface area contributed by atoms with E-state index >= 15 is 0 Å². The van der Waals surface area contributed by atoms with Gasteiger partial charge in [0, 0.05) is 43.9 Å². The highest BCUT2D eigenvalue weighted by atomic mass is 16.7. The number of nitrogens with one attached hydrogen (secondary N) is 1.